The van der Waals surface area contributed by atoms with E-state index in [-0.39, 0.29) is 18.1 Å². The number of rotatable bonds is 7. The molecule has 28 heavy (non-hydrogen) atoms. The molecule has 0 spiro atoms. The average Bonchev–Trinajstić information content (AvgIpc) is 3.08. The molecular formula is C20H21N3O5. The predicted molar refractivity (Wildman–Crippen MR) is 105 cm³/mol. The minimum atomic E-state index is -0.332. The van der Waals surface area contributed by atoms with Crippen LogP contribution in [0.25, 0.3) is 5.69 Å². The summed E-state index contributed by atoms with van der Waals surface area (Å²) in [4.78, 5) is 24.9. The van der Waals surface area contributed by atoms with Crippen LogP contribution in [0.15, 0.2) is 59.7 Å². The van der Waals surface area contributed by atoms with Gasteiger partial charge in [-0.25, -0.2) is 4.79 Å². The third-order valence-electron chi connectivity index (χ3n) is 4.18. The Bertz CT molecular complexity index is 1020. The first-order chi connectivity index (χ1) is 13.5. The van der Waals surface area contributed by atoms with Crippen molar-refractivity contribution in [3.05, 3.63) is 65.3 Å². The van der Waals surface area contributed by atoms with Crippen LogP contribution in [0.2, 0.25) is 0 Å². The van der Waals surface area contributed by atoms with Gasteiger partial charge in [-0.05, 0) is 36.4 Å². The zero-order valence-electron chi connectivity index (χ0n) is 15.8. The number of anilines is 1. The van der Waals surface area contributed by atoms with E-state index in [1.165, 1.54) is 23.4 Å². The minimum absolute atomic E-state index is 0.115. The van der Waals surface area contributed by atoms with Gasteiger partial charge in [0.05, 0.1) is 27.0 Å². The Hall–Kier alpha value is -3.68. The van der Waals surface area contributed by atoms with Crippen LogP contribution in [0.3, 0.4) is 0 Å². The first-order valence-electron chi connectivity index (χ1n) is 8.50. The van der Waals surface area contributed by atoms with Crippen LogP contribution < -0.4 is 25.2 Å². The first kappa shape index (κ1) is 19.1. The molecule has 0 aliphatic heterocycles. The van der Waals surface area contributed by atoms with E-state index in [0.29, 0.717) is 28.6 Å². The second kappa shape index (κ2) is 8.34. The Morgan fingerprint density at radius 3 is 2.29 bits per heavy atom. The normalized spacial score (nSPS) is 10.4. The molecule has 2 aromatic carbocycles. The minimum Gasteiger partial charge on any atom is -0.497 e. The second-order valence-corrected chi connectivity index (χ2v) is 5.89. The number of ether oxygens (including phenoxy) is 3. The van der Waals surface area contributed by atoms with Crippen molar-refractivity contribution < 1.29 is 19.0 Å². The third kappa shape index (κ3) is 4.01. The van der Waals surface area contributed by atoms with Crippen LogP contribution in [0.5, 0.6) is 17.2 Å². The molecule has 0 radical (unpaired) electrons. The van der Waals surface area contributed by atoms with Gasteiger partial charge in [0.2, 0.25) is 5.91 Å². The number of carbonyl (C=O) groups is 1. The zero-order chi connectivity index (χ0) is 20.1. The van der Waals surface area contributed by atoms with Crippen molar-refractivity contribution in [3.63, 3.8) is 0 Å². The van der Waals surface area contributed by atoms with E-state index < -0.39 is 0 Å². The fourth-order valence-electron chi connectivity index (χ4n) is 2.74. The maximum atomic E-state index is 12.6. The van der Waals surface area contributed by atoms with Crippen molar-refractivity contribution in [2.45, 2.75) is 6.54 Å². The lowest BCUT2D eigenvalue weighted by Gasteiger charge is -2.10. The monoisotopic (exact) mass is 383 g/mol. The van der Waals surface area contributed by atoms with Crippen LogP contribution in [0.1, 0.15) is 0 Å². The van der Waals surface area contributed by atoms with E-state index >= 15 is 0 Å². The number of hydrogen-bond donors (Lipinski definition) is 1. The number of nitrogens with one attached hydrogen (secondary N) is 1. The van der Waals surface area contributed by atoms with Gasteiger partial charge in [-0.15, -0.1) is 0 Å². The van der Waals surface area contributed by atoms with Crippen LogP contribution in [-0.2, 0) is 11.3 Å². The molecule has 0 saturated carbocycles. The highest BCUT2D eigenvalue weighted by Gasteiger charge is 2.11. The Labute approximate surface area is 161 Å². The van der Waals surface area contributed by atoms with Crippen molar-refractivity contribution in [2.75, 3.05) is 26.6 Å². The molecule has 8 heteroatoms. The average molecular weight is 383 g/mol. The highest BCUT2D eigenvalue weighted by Crippen LogP contribution is 2.29. The molecule has 0 fully saturated rings. The molecule has 1 aromatic heterocycles. The second-order valence-electron chi connectivity index (χ2n) is 5.89. The van der Waals surface area contributed by atoms with E-state index in [0.717, 1.165) is 0 Å². The van der Waals surface area contributed by atoms with E-state index in [1.807, 2.05) is 0 Å². The van der Waals surface area contributed by atoms with Crippen molar-refractivity contribution in [3.8, 4) is 22.9 Å². The predicted octanol–water partition coefficient (Wildman–Crippen LogP) is 2.30. The summed E-state index contributed by atoms with van der Waals surface area (Å²) in [6.45, 7) is -0.115. The SMILES string of the molecule is COc1ccc(-n2ccn(CC(=O)Nc3ccc(OC)c(OC)c3)c2=O)cc1. The van der Waals surface area contributed by atoms with Gasteiger partial charge < -0.3 is 19.5 Å². The highest BCUT2D eigenvalue weighted by molar-refractivity contribution is 5.90. The summed E-state index contributed by atoms with van der Waals surface area (Å²) < 4.78 is 18.3. The number of benzene rings is 2. The summed E-state index contributed by atoms with van der Waals surface area (Å²) in [7, 11) is 4.63. The third-order valence-corrected chi connectivity index (χ3v) is 4.18. The van der Waals surface area contributed by atoms with Gasteiger partial charge >= 0.3 is 5.69 Å². The number of methoxy groups -OCH3 is 3. The number of carbonyl (C=O) groups excluding carboxylic acids is 1. The lowest BCUT2D eigenvalue weighted by atomic mass is 10.2. The summed E-state index contributed by atoms with van der Waals surface area (Å²) >= 11 is 0. The highest BCUT2D eigenvalue weighted by atomic mass is 16.5. The largest absolute Gasteiger partial charge is 0.497 e. The van der Waals surface area contributed by atoms with E-state index in [1.54, 1.807) is 62.0 Å². The molecule has 1 heterocycles. The van der Waals surface area contributed by atoms with Crippen molar-refractivity contribution in [1.29, 1.82) is 0 Å². The Kier molecular flexibility index (Phi) is 5.69. The summed E-state index contributed by atoms with van der Waals surface area (Å²) in [5, 5.41) is 2.75. The van der Waals surface area contributed by atoms with Gasteiger partial charge in [0, 0.05) is 24.1 Å². The molecule has 0 bridgehead atoms. The smallest absolute Gasteiger partial charge is 0.333 e. The van der Waals surface area contributed by atoms with Crippen LogP contribution in [-0.4, -0.2) is 36.4 Å². The molecule has 1 amide bonds. The molecule has 146 valence electrons. The molecular weight excluding hydrogens is 362 g/mol. The van der Waals surface area contributed by atoms with Crippen LogP contribution in [0.4, 0.5) is 5.69 Å². The molecule has 8 nitrogen and oxygen atoms in total. The maximum Gasteiger partial charge on any atom is 0.333 e. The molecule has 0 saturated heterocycles. The lowest BCUT2D eigenvalue weighted by molar-refractivity contribution is -0.116. The van der Waals surface area contributed by atoms with Crippen molar-refractivity contribution >= 4 is 11.6 Å². The van der Waals surface area contributed by atoms with E-state index in [2.05, 4.69) is 5.32 Å². The van der Waals surface area contributed by atoms with E-state index in [9.17, 15) is 9.59 Å². The van der Waals surface area contributed by atoms with Gasteiger partial charge in [0.15, 0.2) is 11.5 Å². The Morgan fingerprint density at radius 2 is 1.64 bits per heavy atom. The molecule has 3 rings (SSSR count). The van der Waals surface area contributed by atoms with E-state index in [4.69, 9.17) is 14.2 Å². The number of amides is 1. The van der Waals surface area contributed by atoms with Crippen LogP contribution in [0, 0.1) is 0 Å². The standard InChI is InChI=1S/C20H21N3O5/c1-26-16-7-5-15(6-8-16)23-11-10-22(20(23)25)13-19(24)21-14-4-9-17(27-2)18(12-14)28-3/h4-12H,13H2,1-3H3,(H,21,24). The van der Waals surface area contributed by atoms with Crippen LogP contribution >= 0.6 is 0 Å². The molecule has 0 atom stereocenters. The number of nitrogens with zero attached hydrogens (tertiary/aromatic N) is 2. The summed E-state index contributed by atoms with van der Waals surface area (Å²) in [6, 6.07) is 12.1. The summed E-state index contributed by atoms with van der Waals surface area (Å²) in [5.74, 6) is 1.43. The maximum absolute atomic E-state index is 12.6. The number of imidazole rings is 1. The molecule has 0 aliphatic rings. The molecule has 3 aromatic rings. The number of aromatic nitrogens is 2. The first-order valence-corrected chi connectivity index (χ1v) is 8.50. The molecule has 1 N–H and O–H groups in total. The molecule has 0 aliphatic carbocycles. The zero-order valence-corrected chi connectivity index (χ0v) is 15.8. The van der Waals surface area contributed by atoms with Crippen molar-refractivity contribution in [2.24, 2.45) is 0 Å². The van der Waals surface area contributed by atoms with Crippen molar-refractivity contribution in [1.82, 2.24) is 9.13 Å². The topological polar surface area (TPSA) is 83.7 Å². The van der Waals surface area contributed by atoms with Gasteiger partial charge in [-0.2, -0.15) is 0 Å². The molecule has 0 unspecified atom stereocenters. The summed E-state index contributed by atoms with van der Waals surface area (Å²) in [6.07, 6.45) is 3.19. The van der Waals surface area contributed by atoms with Gasteiger partial charge in [0.25, 0.3) is 0 Å². The Balaban J connectivity index is 1.73. The summed E-state index contributed by atoms with van der Waals surface area (Å²) in [5.41, 5.74) is 0.919. The van der Waals surface area contributed by atoms with Gasteiger partial charge in [-0.1, -0.05) is 0 Å². The van der Waals surface area contributed by atoms with Gasteiger partial charge in [-0.3, -0.25) is 13.9 Å². The lowest BCUT2D eigenvalue weighted by Crippen LogP contribution is -2.28. The quantitative estimate of drug-likeness (QED) is 0.677. The fraction of sp³-hybridized carbons (Fsp3) is 0.200. The van der Waals surface area contributed by atoms with Gasteiger partial charge in [0.1, 0.15) is 12.3 Å². The fourth-order valence-corrected chi connectivity index (χ4v) is 2.74. The number of hydrogen-bond acceptors (Lipinski definition) is 5. The Morgan fingerprint density at radius 1 is 0.929 bits per heavy atom.